The highest BCUT2D eigenvalue weighted by Crippen LogP contribution is 2.35. The Morgan fingerprint density at radius 1 is 1.09 bits per heavy atom. The van der Waals surface area contributed by atoms with Crippen LogP contribution in [-0.2, 0) is 13.1 Å². The van der Waals surface area contributed by atoms with Crippen LogP contribution in [0.2, 0.25) is 5.02 Å². The standard InChI is InChI=1S/C23H20ClF4N7/c24-16-1-3-19-15(9-16)11-33(13-23(26,27)28)12-21-31-32-22(35(19)21)14-5-7-34(8-6-14)20-4-2-17(25)18(10-29)30-20/h1-4,9,14H,5-8,11-13H2. The second kappa shape index (κ2) is 9.09. The van der Waals surface area contributed by atoms with Gasteiger partial charge in [0.05, 0.1) is 18.8 Å². The summed E-state index contributed by atoms with van der Waals surface area (Å²) in [6.07, 6.45) is -2.97. The number of pyridine rings is 1. The van der Waals surface area contributed by atoms with Crippen LogP contribution >= 0.6 is 11.6 Å². The Morgan fingerprint density at radius 2 is 1.86 bits per heavy atom. The predicted molar refractivity (Wildman–Crippen MR) is 120 cm³/mol. The van der Waals surface area contributed by atoms with E-state index in [0.29, 0.717) is 54.0 Å². The van der Waals surface area contributed by atoms with Crippen molar-refractivity contribution in [3.05, 3.63) is 64.1 Å². The van der Waals surface area contributed by atoms with Crippen molar-refractivity contribution in [2.24, 2.45) is 0 Å². The van der Waals surface area contributed by atoms with Gasteiger partial charge < -0.3 is 4.90 Å². The molecule has 0 radical (unpaired) electrons. The Balaban J connectivity index is 1.42. The molecule has 1 aromatic carbocycles. The Labute approximate surface area is 203 Å². The summed E-state index contributed by atoms with van der Waals surface area (Å²) in [6, 6.07) is 9.74. The van der Waals surface area contributed by atoms with Gasteiger partial charge in [-0.25, -0.2) is 9.37 Å². The van der Waals surface area contributed by atoms with Gasteiger partial charge in [-0.2, -0.15) is 18.4 Å². The number of piperidine rings is 1. The molecule has 7 nitrogen and oxygen atoms in total. The minimum absolute atomic E-state index is 0.00803. The lowest BCUT2D eigenvalue weighted by atomic mass is 9.95. The number of nitrogens with zero attached hydrogens (tertiary/aromatic N) is 7. The Morgan fingerprint density at radius 3 is 2.57 bits per heavy atom. The predicted octanol–water partition coefficient (Wildman–Crippen LogP) is 4.59. The van der Waals surface area contributed by atoms with Gasteiger partial charge in [-0.1, -0.05) is 11.6 Å². The van der Waals surface area contributed by atoms with Crippen LogP contribution in [0.25, 0.3) is 5.69 Å². The van der Waals surface area contributed by atoms with Crippen LogP contribution < -0.4 is 4.90 Å². The third kappa shape index (κ3) is 4.81. The second-order valence-corrected chi connectivity index (χ2v) is 9.15. The zero-order valence-corrected chi connectivity index (χ0v) is 19.2. The third-order valence-electron chi connectivity index (χ3n) is 6.32. The van der Waals surface area contributed by atoms with E-state index in [-0.39, 0.29) is 24.7 Å². The fourth-order valence-electron chi connectivity index (χ4n) is 4.77. The molecule has 2 aliphatic rings. The van der Waals surface area contributed by atoms with Gasteiger partial charge in [-0.3, -0.25) is 9.47 Å². The number of nitriles is 1. The normalized spacial score (nSPS) is 17.0. The summed E-state index contributed by atoms with van der Waals surface area (Å²) in [4.78, 5) is 7.38. The van der Waals surface area contributed by atoms with E-state index in [9.17, 15) is 17.6 Å². The molecule has 1 fully saturated rings. The SMILES string of the molecule is N#Cc1nc(N2CCC(c3nnc4n3-c3ccc(Cl)cc3CN(CC(F)(F)F)C4)CC2)ccc1F. The van der Waals surface area contributed by atoms with Crippen LogP contribution in [0.1, 0.15) is 41.7 Å². The number of rotatable bonds is 3. The van der Waals surface area contributed by atoms with E-state index in [4.69, 9.17) is 16.9 Å². The summed E-state index contributed by atoms with van der Waals surface area (Å²) in [5.41, 5.74) is 1.17. The van der Waals surface area contributed by atoms with Crippen LogP contribution in [-0.4, -0.2) is 50.5 Å². The lowest BCUT2D eigenvalue weighted by Gasteiger charge is -2.32. The maximum Gasteiger partial charge on any atom is 0.401 e. The largest absolute Gasteiger partial charge is 0.401 e. The molecule has 0 aliphatic carbocycles. The van der Waals surface area contributed by atoms with Crippen molar-refractivity contribution >= 4 is 17.4 Å². The average molecular weight is 506 g/mol. The fourth-order valence-corrected chi connectivity index (χ4v) is 4.97. The molecule has 0 bridgehead atoms. The van der Waals surface area contributed by atoms with Gasteiger partial charge in [0.1, 0.15) is 17.7 Å². The zero-order chi connectivity index (χ0) is 24.7. The topological polar surface area (TPSA) is 73.9 Å². The number of fused-ring (bicyclic) bond motifs is 3. The molecule has 0 saturated carbocycles. The molecular weight excluding hydrogens is 486 g/mol. The van der Waals surface area contributed by atoms with E-state index in [0.717, 1.165) is 5.69 Å². The van der Waals surface area contributed by atoms with Crippen molar-refractivity contribution in [1.29, 1.82) is 5.26 Å². The summed E-state index contributed by atoms with van der Waals surface area (Å²) in [7, 11) is 0. The highest BCUT2D eigenvalue weighted by atomic mass is 35.5. The van der Waals surface area contributed by atoms with Gasteiger partial charge in [0, 0.05) is 30.6 Å². The van der Waals surface area contributed by atoms with Crippen LogP contribution in [0.3, 0.4) is 0 Å². The Hall–Kier alpha value is -3.23. The molecule has 0 N–H and O–H groups in total. The van der Waals surface area contributed by atoms with Gasteiger partial charge >= 0.3 is 6.18 Å². The van der Waals surface area contributed by atoms with Crippen LogP contribution in [0.5, 0.6) is 0 Å². The van der Waals surface area contributed by atoms with Gasteiger partial charge in [0.15, 0.2) is 17.3 Å². The molecule has 2 aromatic heterocycles. The summed E-state index contributed by atoms with van der Waals surface area (Å²) in [6.45, 7) is 0.241. The number of hydrogen-bond acceptors (Lipinski definition) is 6. The van der Waals surface area contributed by atoms with Crippen molar-refractivity contribution in [3.8, 4) is 11.8 Å². The third-order valence-corrected chi connectivity index (χ3v) is 6.56. The molecule has 5 rings (SSSR count). The minimum Gasteiger partial charge on any atom is -0.357 e. The number of halogens is 5. The number of hydrogen-bond donors (Lipinski definition) is 0. The highest BCUT2D eigenvalue weighted by molar-refractivity contribution is 6.30. The maximum atomic E-state index is 13.6. The van der Waals surface area contributed by atoms with E-state index >= 15 is 0 Å². The molecule has 35 heavy (non-hydrogen) atoms. The molecule has 0 unspecified atom stereocenters. The fraction of sp³-hybridized carbons (Fsp3) is 0.391. The van der Waals surface area contributed by atoms with E-state index in [1.165, 1.54) is 11.0 Å². The second-order valence-electron chi connectivity index (χ2n) is 8.72. The first-order valence-electron chi connectivity index (χ1n) is 11.1. The van der Waals surface area contributed by atoms with Gasteiger partial charge in [-0.05, 0) is 48.7 Å². The van der Waals surface area contributed by atoms with E-state index in [1.54, 1.807) is 30.3 Å². The number of anilines is 1. The van der Waals surface area contributed by atoms with Gasteiger partial charge in [0.25, 0.3) is 0 Å². The van der Waals surface area contributed by atoms with E-state index in [2.05, 4.69) is 15.2 Å². The first kappa shape index (κ1) is 23.5. The van der Waals surface area contributed by atoms with Crippen molar-refractivity contribution in [2.45, 2.75) is 38.0 Å². The molecule has 0 atom stereocenters. The van der Waals surface area contributed by atoms with Crippen LogP contribution in [0.4, 0.5) is 23.4 Å². The lowest BCUT2D eigenvalue weighted by Crippen LogP contribution is -2.34. The van der Waals surface area contributed by atoms with E-state index in [1.807, 2.05) is 9.47 Å². The monoisotopic (exact) mass is 505 g/mol. The molecule has 4 heterocycles. The highest BCUT2D eigenvalue weighted by Gasteiger charge is 2.35. The first-order valence-corrected chi connectivity index (χ1v) is 11.4. The molecule has 0 amide bonds. The molecule has 3 aromatic rings. The smallest absolute Gasteiger partial charge is 0.357 e. The van der Waals surface area contributed by atoms with Crippen molar-refractivity contribution in [3.63, 3.8) is 0 Å². The molecule has 12 heteroatoms. The maximum absolute atomic E-state index is 13.6. The van der Waals surface area contributed by atoms with Gasteiger partial charge in [-0.15, -0.1) is 10.2 Å². The summed E-state index contributed by atoms with van der Waals surface area (Å²) in [5, 5.41) is 18.2. The average Bonchev–Trinajstić information content (AvgIpc) is 3.15. The summed E-state index contributed by atoms with van der Waals surface area (Å²) in [5.74, 6) is 1.04. The number of alkyl halides is 3. The van der Waals surface area contributed by atoms with E-state index < -0.39 is 18.5 Å². The van der Waals surface area contributed by atoms with Crippen LogP contribution in [0.15, 0.2) is 30.3 Å². The number of aromatic nitrogens is 4. The van der Waals surface area contributed by atoms with Crippen molar-refractivity contribution < 1.29 is 17.6 Å². The summed E-state index contributed by atoms with van der Waals surface area (Å²) < 4.78 is 55.1. The summed E-state index contributed by atoms with van der Waals surface area (Å²) >= 11 is 6.17. The molecule has 0 spiro atoms. The van der Waals surface area contributed by atoms with Crippen molar-refractivity contribution in [2.75, 3.05) is 24.5 Å². The molecule has 182 valence electrons. The van der Waals surface area contributed by atoms with Crippen molar-refractivity contribution in [1.82, 2.24) is 24.6 Å². The quantitative estimate of drug-likeness (QED) is 0.485. The molecule has 1 saturated heterocycles. The molecular formula is C23H20ClF4N7. The first-order chi connectivity index (χ1) is 16.7. The zero-order valence-electron chi connectivity index (χ0n) is 18.4. The Bertz CT molecular complexity index is 1290. The minimum atomic E-state index is -4.34. The van der Waals surface area contributed by atoms with Gasteiger partial charge in [0.2, 0.25) is 0 Å². The molecule has 2 aliphatic heterocycles. The van der Waals surface area contributed by atoms with Crippen LogP contribution in [0, 0.1) is 17.1 Å². The lowest BCUT2D eigenvalue weighted by molar-refractivity contribution is -0.148. The number of benzene rings is 1. The Kier molecular flexibility index (Phi) is 6.11.